The number of hydrogen-bond acceptors (Lipinski definition) is 2. The van der Waals surface area contributed by atoms with Gasteiger partial charge in [0.05, 0.1) is 6.54 Å². The Labute approximate surface area is 108 Å². The van der Waals surface area contributed by atoms with Crippen LogP contribution in [0.3, 0.4) is 0 Å². The van der Waals surface area contributed by atoms with Crippen LogP contribution in [-0.2, 0) is 13.0 Å². The molecule has 0 fully saturated rings. The van der Waals surface area contributed by atoms with Crippen molar-refractivity contribution in [3.8, 4) is 0 Å². The summed E-state index contributed by atoms with van der Waals surface area (Å²) in [6, 6.07) is 9.14. The van der Waals surface area contributed by atoms with Crippen molar-refractivity contribution in [2.24, 2.45) is 5.41 Å². The maximum Gasteiger partial charge on any atom is 0.120 e. The molecule has 3 nitrogen and oxygen atoms in total. The van der Waals surface area contributed by atoms with Crippen molar-refractivity contribution in [3.05, 3.63) is 53.6 Å². The van der Waals surface area contributed by atoms with Crippen LogP contribution >= 0.6 is 0 Å². The molecule has 1 aromatic heterocycles. The van der Waals surface area contributed by atoms with Crippen molar-refractivity contribution < 1.29 is 0 Å². The number of benzene rings is 1. The maximum absolute atomic E-state index is 4.26. The highest BCUT2D eigenvalue weighted by atomic mass is 15.0. The zero-order chi connectivity index (χ0) is 12.6. The highest BCUT2D eigenvalue weighted by molar-refractivity contribution is 5.37. The Bertz CT molecular complexity index is 528. The van der Waals surface area contributed by atoms with E-state index in [1.54, 1.807) is 6.20 Å². The molecule has 94 valence electrons. The van der Waals surface area contributed by atoms with Crippen molar-refractivity contribution in [3.63, 3.8) is 0 Å². The lowest BCUT2D eigenvalue weighted by atomic mass is 9.85. The predicted molar refractivity (Wildman–Crippen MR) is 72.1 cm³/mol. The average molecular weight is 241 g/mol. The van der Waals surface area contributed by atoms with Crippen LogP contribution in [-0.4, -0.2) is 9.97 Å². The standard InChI is InChI=1S/C15H19N3/c1-15(2)9-11-5-3-4-6-12(11)14(15)18-10-13-16-7-8-17-13/h3-8,14,18H,9-10H2,1-2H3,(H,16,17). The van der Waals surface area contributed by atoms with Crippen molar-refractivity contribution in [2.75, 3.05) is 0 Å². The Kier molecular flexibility index (Phi) is 2.71. The number of fused-ring (bicyclic) bond motifs is 1. The van der Waals surface area contributed by atoms with Crippen LogP contribution in [0.1, 0.15) is 36.8 Å². The number of nitrogens with zero attached hydrogens (tertiary/aromatic N) is 1. The second-order valence-corrected chi connectivity index (χ2v) is 5.71. The van der Waals surface area contributed by atoms with E-state index in [0.717, 1.165) is 18.8 Å². The molecule has 0 amide bonds. The van der Waals surface area contributed by atoms with Gasteiger partial charge in [0.2, 0.25) is 0 Å². The first-order valence-electron chi connectivity index (χ1n) is 6.46. The third-order valence-corrected chi connectivity index (χ3v) is 3.82. The number of imidazole rings is 1. The lowest BCUT2D eigenvalue weighted by molar-refractivity contribution is 0.266. The smallest absolute Gasteiger partial charge is 0.120 e. The second kappa shape index (κ2) is 4.25. The molecule has 0 spiro atoms. The van der Waals surface area contributed by atoms with E-state index in [0.29, 0.717) is 6.04 Å². The molecule has 3 rings (SSSR count). The Hall–Kier alpha value is -1.61. The van der Waals surface area contributed by atoms with Gasteiger partial charge in [-0.05, 0) is 23.0 Å². The minimum absolute atomic E-state index is 0.260. The monoisotopic (exact) mass is 241 g/mol. The Morgan fingerprint density at radius 2 is 2.22 bits per heavy atom. The first-order valence-corrected chi connectivity index (χ1v) is 6.46. The molecule has 1 unspecified atom stereocenters. The molecular weight excluding hydrogens is 222 g/mol. The summed E-state index contributed by atoms with van der Waals surface area (Å²) in [6.45, 7) is 5.44. The first kappa shape index (κ1) is 11.5. The number of aromatic nitrogens is 2. The SMILES string of the molecule is CC1(C)Cc2ccccc2C1NCc1ncc[nH]1. The van der Waals surface area contributed by atoms with Gasteiger partial charge in [-0.25, -0.2) is 4.98 Å². The molecule has 1 aliphatic carbocycles. The van der Waals surface area contributed by atoms with E-state index >= 15 is 0 Å². The van der Waals surface area contributed by atoms with E-state index in [4.69, 9.17) is 0 Å². The Morgan fingerprint density at radius 3 is 3.00 bits per heavy atom. The van der Waals surface area contributed by atoms with Crippen molar-refractivity contribution in [2.45, 2.75) is 32.9 Å². The van der Waals surface area contributed by atoms with Crippen molar-refractivity contribution >= 4 is 0 Å². The summed E-state index contributed by atoms with van der Waals surface area (Å²) < 4.78 is 0. The summed E-state index contributed by atoms with van der Waals surface area (Å²) in [7, 11) is 0. The van der Waals surface area contributed by atoms with E-state index in [1.165, 1.54) is 11.1 Å². The third-order valence-electron chi connectivity index (χ3n) is 3.82. The van der Waals surface area contributed by atoms with Gasteiger partial charge in [-0.1, -0.05) is 38.1 Å². The molecule has 18 heavy (non-hydrogen) atoms. The number of rotatable bonds is 3. The van der Waals surface area contributed by atoms with Gasteiger partial charge in [-0.3, -0.25) is 0 Å². The summed E-state index contributed by atoms with van der Waals surface area (Å²) in [4.78, 5) is 7.40. The normalized spacial score (nSPS) is 20.9. The molecule has 1 atom stereocenters. The summed E-state index contributed by atoms with van der Waals surface area (Å²) in [5, 5.41) is 3.64. The van der Waals surface area contributed by atoms with Crippen molar-refractivity contribution in [1.29, 1.82) is 0 Å². The molecule has 3 heteroatoms. The topological polar surface area (TPSA) is 40.7 Å². The van der Waals surface area contributed by atoms with Gasteiger partial charge < -0.3 is 10.3 Å². The van der Waals surface area contributed by atoms with Crippen LogP contribution in [0.4, 0.5) is 0 Å². The van der Waals surface area contributed by atoms with Gasteiger partial charge in [0.1, 0.15) is 5.82 Å². The van der Waals surface area contributed by atoms with E-state index < -0.39 is 0 Å². The minimum atomic E-state index is 0.260. The lowest BCUT2D eigenvalue weighted by Gasteiger charge is -2.28. The van der Waals surface area contributed by atoms with Crippen LogP contribution in [0.25, 0.3) is 0 Å². The summed E-state index contributed by atoms with van der Waals surface area (Å²) in [5.41, 5.74) is 3.17. The first-order chi connectivity index (χ1) is 8.67. The molecule has 2 aromatic rings. The van der Waals surface area contributed by atoms with E-state index in [1.807, 2.05) is 6.20 Å². The van der Waals surface area contributed by atoms with E-state index in [2.05, 4.69) is 53.4 Å². The zero-order valence-electron chi connectivity index (χ0n) is 10.9. The van der Waals surface area contributed by atoms with Crippen LogP contribution in [0.5, 0.6) is 0 Å². The fraction of sp³-hybridized carbons (Fsp3) is 0.400. The average Bonchev–Trinajstić information content (AvgIpc) is 2.91. The van der Waals surface area contributed by atoms with Crippen LogP contribution in [0, 0.1) is 5.41 Å². The number of aromatic amines is 1. The Morgan fingerprint density at radius 1 is 1.39 bits per heavy atom. The van der Waals surface area contributed by atoms with E-state index in [-0.39, 0.29) is 5.41 Å². The van der Waals surface area contributed by atoms with Crippen molar-refractivity contribution in [1.82, 2.24) is 15.3 Å². The van der Waals surface area contributed by atoms with Gasteiger partial charge in [0.15, 0.2) is 0 Å². The van der Waals surface area contributed by atoms with Gasteiger partial charge in [-0.15, -0.1) is 0 Å². The summed E-state index contributed by atoms with van der Waals surface area (Å²) in [5.74, 6) is 0.996. The third kappa shape index (κ3) is 1.95. The number of nitrogens with one attached hydrogen (secondary N) is 2. The molecule has 2 N–H and O–H groups in total. The highest BCUT2D eigenvalue weighted by Crippen LogP contribution is 2.44. The van der Waals surface area contributed by atoms with Gasteiger partial charge in [0.25, 0.3) is 0 Å². The van der Waals surface area contributed by atoms with Gasteiger partial charge >= 0.3 is 0 Å². The van der Waals surface area contributed by atoms with Crippen LogP contribution < -0.4 is 5.32 Å². The van der Waals surface area contributed by atoms with Crippen LogP contribution in [0.2, 0.25) is 0 Å². The lowest BCUT2D eigenvalue weighted by Crippen LogP contribution is -2.31. The molecule has 1 aromatic carbocycles. The molecular formula is C15H19N3. The number of H-pyrrole nitrogens is 1. The highest BCUT2D eigenvalue weighted by Gasteiger charge is 2.38. The quantitative estimate of drug-likeness (QED) is 0.867. The molecule has 0 saturated heterocycles. The fourth-order valence-electron chi connectivity index (χ4n) is 2.97. The molecule has 1 aliphatic rings. The zero-order valence-corrected chi connectivity index (χ0v) is 10.9. The summed E-state index contributed by atoms with van der Waals surface area (Å²) >= 11 is 0. The summed E-state index contributed by atoms with van der Waals surface area (Å²) in [6.07, 6.45) is 4.80. The largest absolute Gasteiger partial charge is 0.348 e. The fourth-order valence-corrected chi connectivity index (χ4v) is 2.97. The Balaban J connectivity index is 1.81. The van der Waals surface area contributed by atoms with Gasteiger partial charge in [0, 0.05) is 18.4 Å². The predicted octanol–water partition coefficient (Wildman–Crippen LogP) is 2.82. The molecule has 0 bridgehead atoms. The molecule has 1 heterocycles. The van der Waals surface area contributed by atoms with Gasteiger partial charge in [-0.2, -0.15) is 0 Å². The second-order valence-electron chi connectivity index (χ2n) is 5.71. The molecule has 0 aliphatic heterocycles. The maximum atomic E-state index is 4.26. The molecule has 0 radical (unpaired) electrons. The number of hydrogen-bond donors (Lipinski definition) is 2. The van der Waals surface area contributed by atoms with Crippen LogP contribution in [0.15, 0.2) is 36.7 Å². The molecule has 0 saturated carbocycles. The minimum Gasteiger partial charge on any atom is -0.348 e. The van der Waals surface area contributed by atoms with E-state index in [9.17, 15) is 0 Å².